The van der Waals surface area contributed by atoms with Crippen molar-refractivity contribution in [3.8, 4) is 0 Å². The van der Waals surface area contributed by atoms with Crippen molar-refractivity contribution in [3.63, 3.8) is 0 Å². The minimum absolute atomic E-state index is 0.00325. The third-order valence-electron chi connectivity index (χ3n) is 2.92. The Morgan fingerprint density at radius 1 is 1.16 bits per heavy atom. The highest BCUT2D eigenvalue weighted by atomic mass is 16.1. The Morgan fingerprint density at radius 2 is 1.74 bits per heavy atom. The summed E-state index contributed by atoms with van der Waals surface area (Å²) in [6, 6.07) is 0. The fraction of sp³-hybridized carbons (Fsp3) is 0.471. The lowest BCUT2D eigenvalue weighted by Gasteiger charge is -2.36. The molecule has 0 fully saturated rings. The Labute approximate surface area is 118 Å². The van der Waals surface area contributed by atoms with Gasteiger partial charge in [0.1, 0.15) is 0 Å². The van der Waals surface area contributed by atoms with Gasteiger partial charge in [0, 0.05) is 12.5 Å². The van der Waals surface area contributed by atoms with E-state index in [-0.39, 0.29) is 16.9 Å². The first kappa shape index (κ1) is 17.4. The highest BCUT2D eigenvalue weighted by Crippen LogP contribution is 2.35. The molecule has 106 valence electrons. The lowest BCUT2D eigenvalue weighted by molar-refractivity contribution is -0.120. The molecule has 0 radical (unpaired) electrons. The predicted octanol–water partition coefficient (Wildman–Crippen LogP) is 4.17. The van der Waals surface area contributed by atoms with Gasteiger partial charge in [0.15, 0.2) is 0 Å². The van der Waals surface area contributed by atoms with E-state index in [4.69, 9.17) is 0 Å². The van der Waals surface area contributed by atoms with E-state index in [1.807, 2.05) is 38.2 Å². The highest BCUT2D eigenvalue weighted by Gasteiger charge is 2.30. The molecule has 0 aliphatic rings. The molecule has 0 aliphatic carbocycles. The molecule has 0 spiro atoms. The Bertz CT molecular complexity index is 397. The maximum atomic E-state index is 11.2. The van der Waals surface area contributed by atoms with E-state index in [1.165, 1.54) is 0 Å². The summed E-state index contributed by atoms with van der Waals surface area (Å²) in [5, 5.41) is 2.99. The fourth-order valence-corrected chi connectivity index (χ4v) is 2.54. The van der Waals surface area contributed by atoms with Crippen LogP contribution in [0.1, 0.15) is 41.0 Å². The summed E-state index contributed by atoms with van der Waals surface area (Å²) in [4.78, 5) is 11.2. The monoisotopic (exact) mass is 261 g/mol. The Balaban J connectivity index is 5.07. The van der Waals surface area contributed by atoms with Gasteiger partial charge in [-0.3, -0.25) is 4.79 Å². The van der Waals surface area contributed by atoms with Crippen molar-refractivity contribution >= 4 is 5.91 Å². The van der Waals surface area contributed by atoms with Gasteiger partial charge in [-0.15, -0.1) is 0 Å². The number of amides is 1. The molecule has 0 unspecified atom stereocenters. The molecule has 1 N–H and O–H groups in total. The van der Waals surface area contributed by atoms with Gasteiger partial charge in [-0.05, 0) is 31.3 Å². The number of rotatable bonds is 7. The van der Waals surface area contributed by atoms with Gasteiger partial charge in [0.25, 0.3) is 0 Å². The van der Waals surface area contributed by atoms with Crippen LogP contribution in [0.2, 0.25) is 0 Å². The zero-order valence-electron chi connectivity index (χ0n) is 12.9. The van der Waals surface area contributed by atoms with Crippen LogP contribution < -0.4 is 5.32 Å². The van der Waals surface area contributed by atoms with Crippen LogP contribution in [0.5, 0.6) is 0 Å². The largest absolute Gasteiger partial charge is 0.351 e. The maximum absolute atomic E-state index is 11.2. The second kappa shape index (κ2) is 7.13. The molecule has 0 saturated carbocycles. The zero-order chi connectivity index (χ0) is 15.1. The van der Waals surface area contributed by atoms with Gasteiger partial charge in [0.2, 0.25) is 5.91 Å². The van der Waals surface area contributed by atoms with Crippen molar-refractivity contribution in [1.82, 2.24) is 5.32 Å². The SMILES string of the molecule is C=C/C=C\C=C(/C=C)C(C)(C)CC(C)(C)NC(C)=O. The summed E-state index contributed by atoms with van der Waals surface area (Å²) in [7, 11) is 0. The van der Waals surface area contributed by atoms with E-state index in [0.29, 0.717) is 0 Å². The highest BCUT2D eigenvalue weighted by molar-refractivity contribution is 5.73. The summed E-state index contributed by atoms with van der Waals surface area (Å²) in [6.07, 6.45) is 10.3. The molecule has 0 aromatic rings. The zero-order valence-corrected chi connectivity index (χ0v) is 12.9. The smallest absolute Gasteiger partial charge is 0.217 e. The molecule has 0 aromatic carbocycles. The van der Waals surface area contributed by atoms with Crippen LogP contribution in [0.25, 0.3) is 0 Å². The van der Waals surface area contributed by atoms with Crippen LogP contribution >= 0.6 is 0 Å². The van der Waals surface area contributed by atoms with Crippen LogP contribution in [0.3, 0.4) is 0 Å². The Morgan fingerprint density at radius 3 is 2.16 bits per heavy atom. The fourth-order valence-electron chi connectivity index (χ4n) is 2.54. The molecule has 0 saturated heterocycles. The molecule has 0 rings (SSSR count). The van der Waals surface area contributed by atoms with Crippen molar-refractivity contribution in [2.24, 2.45) is 5.41 Å². The number of hydrogen-bond donors (Lipinski definition) is 1. The molecule has 2 heteroatoms. The van der Waals surface area contributed by atoms with Gasteiger partial charge in [0.05, 0.1) is 0 Å². The van der Waals surface area contributed by atoms with Gasteiger partial charge in [-0.25, -0.2) is 0 Å². The molecular weight excluding hydrogens is 234 g/mol. The van der Waals surface area contributed by atoms with E-state index in [1.54, 1.807) is 13.0 Å². The van der Waals surface area contributed by atoms with Crippen molar-refractivity contribution < 1.29 is 4.79 Å². The Kier molecular flexibility index (Phi) is 6.54. The van der Waals surface area contributed by atoms with Crippen molar-refractivity contribution in [1.29, 1.82) is 0 Å². The molecule has 2 nitrogen and oxygen atoms in total. The van der Waals surface area contributed by atoms with Gasteiger partial charge >= 0.3 is 0 Å². The molecule has 0 aromatic heterocycles. The minimum Gasteiger partial charge on any atom is -0.351 e. The Hall–Kier alpha value is -1.57. The molecular formula is C17H27NO. The van der Waals surface area contributed by atoms with E-state index in [9.17, 15) is 4.79 Å². The van der Waals surface area contributed by atoms with E-state index in [2.05, 4.69) is 32.3 Å². The van der Waals surface area contributed by atoms with Crippen LogP contribution in [-0.4, -0.2) is 11.4 Å². The molecule has 1 amide bonds. The number of hydrogen-bond acceptors (Lipinski definition) is 1. The van der Waals surface area contributed by atoms with Crippen LogP contribution in [0.4, 0.5) is 0 Å². The van der Waals surface area contributed by atoms with Crippen molar-refractivity contribution in [3.05, 3.63) is 49.1 Å². The molecule has 0 aliphatic heterocycles. The number of nitrogens with one attached hydrogen (secondary N) is 1. The minimum atomic E-state index is -0.250. The van der Waals surface area contributed by atoms with E-state index in [0.717, 1.165) is 12.0 Å². The van der Waals surface area contributed by atoms with Gasteiger partial charge < -0.3 is 5.32 Å². The summed E-state index contributed by atoms with van der Waals surface area (Å²) >= 11 is 0. The van der Waals surface area contributed by atoms with Gasteiger partial charge in [-0.2, -0.15) is 0 Å². The number of allylic oxidation sites excluding steroid dienone is 6. The van der Waals surface area contributed by atoms with Crippen LogP contribution in [0, 0.1) is 5.41 Å². The summed E-state index contributed by atoms with van der Waals surface area (Å²) in [5.41, 5.74) is 0.822. The topological polar surface area (TPSA) is 29.1 Å². The average molecular weight is 261 g/mol. The first-order valence-electron chi connectivity index (χ1n) is 6.56. The molecule has 0 heterocycles. The lowest BCUT2D eigenvalue weighted by Crippen LogP contribution is -2.45. The van der Waals surface area contributed by atoms with E-state index >= 15 is 0 Å². The number of carbonyl (C=O) groups excluding carboxylic acids is 1. The normalized spacial score (nSPS) is 13.4. The van der Waals surface area contributed by atoms with Crippen LogP contribution in [0.15, 0.2) is 49.1 Å². The van der Waals surface area contributed by atoms with Gasteiger partial charge in [-0.1, -0.05) is 57.4 Å². The lowest BCUT2D eigenvalue weighted by atomic mass is 9.74. The second-order valence-corrected chi connectivity index (χ2v) is 6.07. The first-order chi connectivity index (χ1) is 8.64. The van der Waals surface area contributed by atoms with Crippen molar-refractivity contribution in [2.45, 2.75) is 46.6 Å². The van der Waals surface area contributed by atoms with Crippen molar-refractivity contribution in [2.75, 3.05) is 0 Å². The number of carbonyl (C=O) groups is 1. The predicted molar refractivity (Wildman–Crippen MR) is 83.9 cm³/mol. The quantitative estimate of drug-likeness (QED) is 0.685. The van der Waals surface area contributed by atoms with Crippen LogP contribution in [-0.2, 0) is 4.79 Å². The maximum Gasteiger partial charge on any atom is 0.217 e. The molecule has 19 heavy (non-hydrogen) atoms. The molecule has 0 bridgehead atoms. The third kappa shape index (κ3) is 6.80. The van der Waals surface area contributed by atoms with E-state index < -0.39 is 0 Å². The average Bonchev–Trinajstić information content (AvgIpc) is 2.20. The molecule has 0 atom stereocenters. The second-order valence-electron chi connectivity index (χ2n) is 6.07. The standard InChI is InChI=1S/C17H27NO/c1-8-10-11-12-15(9-2)16(4,5)13-17(6,7)18-14(3)19/h8-12H,1-2,13H2,3-7H3,(H,18,19)/b11-10-,15-12+. The summed E-state index contributed by atoms with van der Waals surface area (Å²) < 4.78 is 0. The third-order valence-corrected chi connectivity index (χ3v) is 2.92. The first-order valence-corrected chi connectivity index (χ1v) is 6.56. The summed E-state index contributed by atoms with van der Waals surface area (Å²) in [6.45, 7) is 17.5. The summed E-state index contributed by atoms with van der Waals surface area (Å²) in [5.74, 6) is -0.00325.